The lowest BCUT2D eigenvalue weighted by Crippen LogP contribution is -2.34. The molecule has 1 aromatic carbocycles. The van der Waals surface area contributed by atoms with Gasteiger partial charge >= 0.3 is 0 Å². The number of hydrogen-bond acceptors (Lipinski definition) is 2. The lowest BCUT2D eigenvalue weighted by atomic mass is 9.75. The predicted octanol–water partition coefficient (Wildman–Crippen LogP) is 5.83. The highest BCUT2D eigenvalue weighted by molar-refractivity contribution is 7.19. The van der Waals surface area contributed by atoms with Crippen LogP contribution >= 0.6 is 11.3 Å². The molecule has 21 heavy (non-hydrogen) atoms. The average molecular weight is 301 g/mol. The maximum Gasteiger partial charge on any atom is 0.0389 e. The van der Waals surface area contributed by atoms with Crippen LogP contribution in [0, 0.1) is 12.3 Å². The van der Waals surface area contributed by atoms with Crippen molar-refractivity contribution < 1.29 is 0 Å². The van der Waals surface area contributed by atoms with E-state index in [-0.39, 0.29) is 0 Å². The van der Waals surface area contributed by atoms with Crippen molar-refractivity contribution in [2.24, 2.45) is 5.41 Å². The fraction of sp³-hybridized carbons (Fsp3) is 0.579. The minimum absolute atomic E-state index is 0.459. The van der Waals surface area contributed by atoms with Crippen molar-refractivity contribution in [3.8, 4) is 0 Å². The van der Waals surface area contributed by atoms with E-state index in [9.17, 15) is 0 Å². The van der Waals surface area contributed by atoms with E-state index in [1.165, 1.54) is 52.6 Å². The van der Waals surface area contributed by atoms with Gasteiger partial charge in [0.05, 0.1) is 0 Å². The lowest BCUT2D eigenvalue weighted by molar-refractivity contribution is 0.202. The number of thiophene rings is 1. The molecule has 2 heteroatoms. The standard InChI is InChI=1S/C19H27NS/c1-14-16-9-5-6-10-17(16)21-18(14)15(2)20-13-19(3)11-7-4-8-12-19/h5-6,9-10,15,20H,4,7-8,11-13H2,1-3H3. The Hall–Kier alpha value is -0.860. The summed E-state index contributed by atoms with van der Waals surface area (Å²) in [4.78, 5) is 1.51. The summed E-state index contributed by atoms with van der Waals surface area (Å²) in [7, 11) is 0. The average Bonchev–Trinajstić information content (AvgIpc) is 2.84. The molecule has 0 spiro atoms. The lowest BCUT2D eigenvalue weighted by Gasteiger charge is -2.34. The van der Waals surface area contributed by atoms with Crippen LogP contribution in [-0.2, 0) is 0 Å². The van der Waals surface area contributed by atoms with E-state index in [1.807, 2.05) is 11.3 Å². The first-order valence-corrected chi connectivity index (χ1v) is 9.12. The van der Waals surface area contributed by atoms with Gasteiger partial charge in [0.15, 0.2) is 0 Å². The Morgan fingerprint density at radius 3 is 2.62 bits per heavy atom. The Labute approximate surface area is 132 Å². The van der Waals surface area contributed by atoms with Gasteiger partial charge in [-0.2, -0.15) is 0 Å². The van der Waals surface area contributed by atoms with E-state index in [1.54, 1.807) is 0 Å². The molecular formula is C19H27NS. The molecule has 1 aliphatic carbocycles. The highest BCUT2D eigenvalue weighted by Gasteiger charge is 2.27. The number of aryl methyl sites for hydroxylation is 1. The van der Waals surface area contributed by atoms with Gasteiger partial charge in [-0.3, -0.25) is 0 Å². The fourth-order valence-corrected chi connectivity index (χ4v) is 4.92. The zero-order chi connectivity index (χ0) is 14.9. The molecule has 0 bridgehead atoms. The number of fused-ring (bicyclic) bond motifs is 1. The van der Waals surface area contributed by atoms with Crippen LogP contribution in [0.2, 0.25) is 0 Å². The second kappa shape index (κ2) is 6.10. The first kappa shape index (κ1) is 15.1. The molecule has 0 radical (unpaired) electrons. The summed E-state index contributed by atoms with van der Waals surface area (Å²) in [5.41, 5.74) is 1.97. The van der Waals surface area contributed by atoms with Crippen molar-refractivity contribution in [3.63, 3.8) is 0 Å². The van der Waals surface area contributed by atoms with Crippen molar-refractivity contribution in [2.75, 3.05) is 6.54 Å². The molecule has 1 atom stereocenters. The summed E-state index contributed by atoms with van der Waals surface area (Å²) in [6, 6.07) is 9.24. The van der Waals surface area contributed by atoms with E-state index in [2.05, 4.69) is 50.4 Å². The van der Waals surface area contributed by atoms with Crippen molar-refractivity contribution >= 4 is 21.4 Å². The summed E-state index contributed by atoms with van der Waals surface area (Å²) in [5, 5.41) is 5.25. The van der Waals surface area contributed by atoms with Crippen LogP contribution in [-0.4, -0.2) is 6.54 Å². The van der Waals surface area contributed by atoms with Gasteiger partial charge in [0.1, 0.15) is 0 Å². The van der Waals surface area contributed by atoms with Crippen LogP contribution in [0.15, 0.2) is 24.3 Å². The summed E-state index contributed by atoms with van der Waals surface area (Å²) < 4.78 is 1.42. The number of benzene rings is 1. The highest BCUT2D eigenvalue weighted by atomic mass is 32.1. The molecule has 1 aliphatic rings. The third-order valence-corrected chi connectivity index (χ3v) is 6.63. The van der Waals surface area contributed by atoms with Gasteiger partial charge in [-0.05, 0) is 49.1 Å². The molecule has 0 aliphatic heterocycles. The summed E-state index contributed by atoms with van der Waals surface area (Å²) in [5.74, 6) is 0. The van der Waals surface area contributed by atoms with Gasteiger partial charge in [0.2, 0.25) is 0 Å². The largest absolute Gasteiger partial charge is 0.309 e. The van der Waals surface area contributed by atoms with Gasteiger partial charge in [-0.15, -0.1) is 11.3 Å². The maximum absolute atomic E-state index is 3.82. The molecule has 1 aromatic heterocycles. The first-order chi connectivity index (χ1) is 10.1. The zero-order valence-corrected chi connectivity index (χ0v) is 14.4. The monoisotopic (exact) mass is 301 g/mol. The third kappa shape index (κ3) is 3.17. The third-order valence-electron chi connectivity index (χ3n) is 5.17. The van der Waals surface area contributed by atoms with E-state index in [0.29, 0.717) is 11.5 Å². The number of rotatable bonds is 4. The smallest absolute Gasteiger partial charge is 0.0389 e. The molecule has 0 saturated heterocycles. The van der Waals surface area contributed by atoms with Gasteiger partial charge in [-0.25, -0.2) is 0 Å². The minimum atomic E-state index is 0.459. The highest BCUT2D eigenvalue weighted by Crippen LogP contribution is 2.37. The molecule has 3 rings (SSSR count). The van der Waals surface area contributed by atoms with Gasteiger partial charge in [0, 0.05) is 22.2 Å². The van der Waals surface area contributed by atoms with Crippen LogP contribution in [0.25, 0.3) is 10.1 Å². The second-order valence-electron chi connectivity index (χ2n) is 7.06. The SMILES string of the molecule is Cc1c(C(C)NCC2(C)CCCCC2)sc2ccccc12. The summed E-state index contributed by atoms with van der Waals surface area (Å²) >= 11 is 1.96. The molecule has 1 heterocycles. The minimum Gasteiger partial charge on any atom is -0.309 e. The van der Waals surface area contributed by atoms with Crippen molar-refractivity contribution in [1.29, 1.82) is 0 Å². The van der Waals surface area contributed by atoms with E-state index in [0.717, 1.165) is 6.54 Å². The quantitative estimate of drug-likeness (QED) is 0.749. The Morgan fingerprint density at radius 1 is 1.19 bits per heavy atom. The zero-order valence-electron chi connectivity index (χ0n) is 13.5. The molecule has 1 N–H and O–H groups in total. The molecule has 114 valence electrons. The topological polar surface area (TPSA) is 12.0 Å². The van der Waals surface area contributed by atoms with Crippen molar-refractivity contribution in [1.82, 2.24) is 5.32 Å². The van der Waals surface area contributed by atoms with Crippen LogP contribution in [0.3, 0.4) is 0 Å². The number of hydrogen-bond donors (Lipinski definition) is 1. The van der Waals surface area contributed by atoms with Crippen LogP contribution in [0.1, 0.15) is 62.4 Å². The van der Waals surface area contributed by atoms with E-state index < -0.39 is 0 Å². The van der Waals surface area contributed by atoms with E-state index in [4.69, 9.17) is 0 Å². The van der Waals surface area contributed by atoms with Gasteiger partial charge in [0.25, 0.3) is 0 Å². The predicted molar refractivity (Wildman–Crippen MR) is 94.2 cm³/mol. The first-order valence-electron chi connectivity index (χ1n) is 8.30. The summed E-state index contributed by atoms with van der Waals surface area (Å²) in [6.07, 6.45) is 7.03. The molecule has 0 amide bonds. The van der Waals surface area contributed by atoms with Crippen LogP contribution in [0.5, 0.6) is 0 Å². The molecular weight excluding hydrogens is 274 g/mol. The molecule has 1 fully saturated rings. The second-order valence-corrected chi connectivity index (χ2v) is 8.15. The van der Waals surface area contributed by atoms with Crippen LogP contribution in [0.4, 0.5) is 0 Å². The van der Waals surface area contributed by atoms with Gasteiger partial charge in [-0.1, -0.05) is 44.4 Å². The van der Waals surface area contributed by atoms with E-state index >= 15 is 0 Å². The fourth-order valence-electron chi connectivity index (χ4n) is 3.68. The Kier molecular flexibility index (Phi) is 4.37. The summed E-state index contributed by atoms with van der Waals surface area (Å²) in [6.45, 7) is 8.21. The Morgan fingerprint density at radius 2 is 1.90 bits per heavy atom. The molecule has 1 nitrogen and oxygen atoms in total. The van der Waals surface area contributed by atoms with Crippen LogP contribution < -0.4 is 5.32 Å². The molecule has 2 aromatic rings. The Balaban J connectivity index is 1.72. The molecule has 1 unspecified atom stereocenters. The molecule has 1 saturated carbocycles. The normalized spacial score (nSPS) is 19.8. The van der Waals surface area contributed by atoms with Crippen molar-refractivity contribution in [2.45, 2.75) is 58.9 Å². The maximum atomic E-state index is 3.82. The number of nitrogens with one attached hydrogen (secondary N) is 1. The van der Waals surface area contributed by atoms with Gasteiger partial charge < -0.3 is 5.32 Å². The van der Waals surface area contributed by atoms with Crippen molar-refractivity contribution in [3.05, 3.63) is 34.7 Å². The Bertz CT molecular complexity index is 607.